The summed E-state index contributed by atoms with van der Waals surface area (Å²) in [6, 6.07) is 0.599. The fourth-order valence-corrected chi connectivity index (χ4v) is 3.62. The molecule has 100 valence electrons. The van der Waals surface area contributed by atoms with Crippen LogP contribution in [0.25, 0.3) is 0 Å². The molecule has 1 aliphatic heterocycles. The Kier molecular flexibility index (Phi) is 4.83. The highest BCUT2D eigenvalue weighted by molar-refractivity contribution is 4.85. The van der Waals surface area contributed by atoms with Crippen LogP contribution in [0.3, 0.4) is 0 Å². The molecule has 2 fully saturated rings. The minimum Gasteiger partial charge on any atom is -0.392 e. The molecule has 3 N–H and O–H groups in total. The lowest BCUT2D eigenvalue weighted by molar-refractivity contribution is 0.0875. The van der Waals surface area contributed by atoms with E-state index in [-0.39, 0.29) is 6.10 Å². The molecule has 1 saturated heterocycles. The average molecular weight is 240 g/mol. The highest BCUT2D eigenvalue weighted by atomic mass is 16.3. The molecule has 3 atom stereocenters. The summed E-state index contributed by atoms with van der Waals surface area (Å²) in [5.74, 6) is 1.43. The average Bonchev–Trinajstić information content (AvgIpc) is 2.89. The van der Waals surface area contributed by atoms with E-state index < -0.39 is 0 Å². The van der Waals surface area contributed by atoms with E-state index >= 15 is 0 Å². The number of β-amino-alcohol motifs (C(OH)–C–C–N with tert-alkyl or cyclic N) is 1. The number of rotatable bonds is 5. The predicted octanol–water partition coefficient (Wildman–Crippen LogP) is 1.60. The molecule has 0 aromatic carbocycles. The van der Waals surface area contributed by atoms with Crippen molar-refractivity contribution in [3.05, 3.63) is 0 Å². The maximum Gasteiger partial charge on any atom is 0.0669 e. The van der Waals surface area contributed by atoms with Crippen LogP contribution in [0.15, 0.2) is 0 Å². The second-order valence-electron chi connectivity index (χ2n) is 6.18. The molecule has 1 saturated carbocycles. The molecule has 2 aliphatic rings. The van der Waals surface area contributed by atoms with Crippen molar-refractivity contribution >= 4 is 0 Å². The molecular weight excluding hydrogens is 212 g/mol. The van der Waals surface area contributed by atoms with Crippen LogP contribution in [0.2, 0.25) is 0 Å². The van der Waals surface area contributed by atoms with E-state index in [1.165, 1.54) is 32.1 Å². The van der Waals surface area contributed by atoms with Crippen LogP contribution in [0, 0.1) is 11.8 Å². The maximum absolute atomic E-state index is 10.2. The van der Waals surface area contributed by atoms with Crippen LogP contribution in [-0.4, -0.2) is 41.8 Å². The first-order valence-corrected chi connectivity index (χ1v) is 7.31. The molecule has 3 unspecified atom stereocenters. The van der Waals surface area contributed by atoms with Gasteiger partial charge in [-0.25, -0.2) is 0 Å². The molecule has 0 bridgehead atoms. The fourth-order valence-electron chi connectivity index (χ4n) is 3.62. The molecule has 0 aromatic rings. The monoisotopic (exact) mass is 240 g/mol. The van der Waals surface area contributed by atoms with Gasteiger partial charge in [0.05, 0.1) is 6.10 Å². The third kappa shape index (κ3) is 3.67. The minimum atomic E-state index is -0.128. The number of aliphatic hydroxyl groups is 1. The zero-order valence-corrected chi connectivity index (χ0v) is 11.1. The summed E-state index contributed by atoms with van der Waals surface area (Å²) in [6.45, 7) is 4.99. The zero-order chi connectivity index (χ0) is 12.3. The lowest BCUT2D eigenvalue weighted by atomic mass is 10.00. The maximum atomic E-state index is 10.2. The van der Waals surface area contributed by atoms with Crippen molar-refractivity contribution in [2.24, 2.45) is 17.6 Å². The highest BCUT2D eigenvalue weighted by Crippen LogP contribution is 2.29. The Morgan fingerprint density at radius 1 is 1.29 bits per heavy atom. The first-order valence-electron chi connectivity index (χ1n) is 7.31. The summed E-state index contributed by atoms with van der Waals surface area (Å²) in [6.07, 6.45) is 7.48. The van der Waals surface area contributed by atoms with Gasteiger partial charge in [-0.2, -0.15) is 0 Å². The van der Waals surface area contributed by atoms with Gasteiger partial charge >= 0.3 is 0 Å². The number of likely N-dealkylation sites (tertiary alicyclic amines) is 1. The first kappa shape index (κ1) is 13.3. The second-order valence-corrected chi connectivity index (χ2v) is 6.18. The van der Waals surface area contributed by atoms with Crippen molar-refractivity contribution in [3.63, 3.8) is 0 Å². The van der Waals surface area contributed by atoms with Gasteiger partial charge in [-0.05, 0) is 38.1 Å². The van der Waals surface area contributed by atoms with Crippen molar-refractivity contribution in [1.29, 1.82) is 0 Å². The van der Waals surface area contributed by atoms with Crippen LogP contribution in [0.5, 0.6) is 0 Å². The normalized spacial score (nSPS) is 33.4. The van der Waals surface area contributed by atoms with Crippen molar-refractivity contribution < 1.29 is 5.11 Å². The summed E-state index contributed by atoms with van der Waals surface area (Å²) in [4.78, 5) is 2.43. The van der Waals surface area contributed by atoms with E-state index in [2.05, 4.69) is 11.8 Å². The Hall–Kier alpha value is -0.120. The number of hydrogen-bond donors (Lipinski definition) is 2. The Balaban J connectivity index is 1.72. The van der Waals surface area contributed by atoms with Gasteiger partial charge in [0.25, 0.3) is 0 Å². The summed E-state index contributed by atoms with van der Waals surface area (Å²) < 4.78 is 0. The van der Waals surface area contributed by atoms with E-state index in [0.717, 1.165) is 32.0 Å². The van der Waals surface area contributed by atoms with Gasteiger partial charge in [0.2, 0.25) is 0 Å². The molecule has 17 heavy (non-hydrogen) atoms. The molecule has 0 spiro atoms. The van der Waals surface area contributed by atoms with Crippen molar-refractivity contribution in [1.82, 2.24) is 4.90 Å². The van der Waals surface area contributed by atoms with Crippen molar-refractivity contribution in [3.8, 4) is 0 Å². The van der Waals surface area contributed by atoms with E-state index in [1.54, 1.807) is 0 Å². The van der Waals surface area contributed by atoms with Gasteiger partial charge in [0.1, 0.15) is 0 Å². The molecule has 2 rings (SSSR count). The molecule has 0 aromatic heterocycles. The molecule has 1 heterocycles. The van der Waals surface area contributed by atoms with Crippen LogP contribution >= 0.6 is 0 Å². The molecule has 3 nitrogen and oxygen atoms in total. The lowest BCUT2D eigenvalue weighted by Crippen LogP contribution is -2.36. The van der Waals surface area contributed by atoms with E-state index in [1.807, 2.05) is 0 Å². The Morgan fingerprint density at radius 3 is 2.59 bits per heavy atom. The summed E-state index contributed by atoms with van der Waals surface area (Å²) in [7, 11) is 0. The molecule has 0 amide bonds. The summed E-state index contributed by atoms with van der Waals surface area (Å²) in [5.41, 5.74) is 5.73. The molecular formula is C14H28N2O. The SMILES string of the molecule is CC1CC(CN)CN1CC(O)CC1CCCC1. The number of nitrogens with zero attached hydrogens (tertiary/aromatic N) is 1. The van der Waals surface area contributed by atoms with Crippen molar-refractivity contribution in [2.75, 3.05) is 19.6 Å². The van der Waals surface area contributed by atoms with E-state index in [4.69, 9.17) is 5.73 Å². The van der Waals surface area contributed by atoms with Gasteiger partial charge in [-0.15, -0.1) is 0 Å². The van der Waals surface area contributed by atoms with Gasteiger partial charge in [-0.3, -0.25) is 4.90 Å². The lowest BCUT2D eigenvalue weighted by Gasteiger charge is -2.25. The molecule has 0 radical (unpaired) electrons. The molecule has 3 heteroatoms. The van der Waals surface area contributed by atoms with E-state index in [0.29, 0.717) is 12.0 Å². The third-order valence-corrected chi connectivity index (χ3v) is 4.65. The third-order valence-electron chi connectivity index (χ3n) is 4.65. The highest BCUT2D eigenvalue weighted by Gasteiger charge is 2.30. The van der Waals surface area contributed by atoms with Crippen LogP contribution in [-0.2, 0) is 0 Å². The standard InChI is InChI=1S/C14H28N2O/c1-11-6-13(8-15)9-16(11)10-14(17)7-12-4-2-3-5-12/h11-14,17H,2-10,15H2,1H3. The summed E-state index contributed by atoms with van der Waals surface area (Å²) >= 11 is 0. The van der Waals surface area contributed by atoms with Gasteiger partial charge in [0, 0.05) is 19.1 Å². The van der Waals surface area contributed by atoms with Crippen LogP contribution in [0.1, 0.15) is 45.4 Å². The quantitative estimate of drug-likeness (QED) is 0.767. The van der Waals surface area contributed by atoms with Crippen molar-refractivity contribution in [2.45, 2.75) is 57.6 Å². The Labute approximate surface area is 105 Å². The van der Waals surface area contributed by atoms with Gasteiger partial charge in [0.15, 0.2) is 0 Å². The minimum absolute atomic E-state index is 0.128. The van der Waals surface area contributed by atoms with Crippen LogP contribution in [0.4, 0.5) is 0 Å². The molecule has 1 aliphatic carbocycles. The smallest absolute Gasteiger partial charge is 0.0669 e. The van der Waals surface area contributed by atoms with Gasteiger partial charge in [-0.1, -0.05) is 25.7 Å². The largest absolute Gasteiger partial charge is 0.392 e. The van der Waals surface area contributed by atoms with Crippen LogP contribution < -0.4 is 5.73 Å². The fraction of sp³-hybridized carbons (Fsp3) is 1.00. The topological polar surface area (TPSA) is 49.5 Å². The van der Waals surface area contributed by atoms with E-state index in [9.17, 15) is 5.11 Å². The Bertz CT molecular complexity index is 228. The second kappa shape index (κ2) is 6.17. The first-order chi connectivity index (χ1) is 8.19. The number of nitrogens with two attached hydrogens (primary N) is 1. The number of hydrogen-bond acceptors (Lipinski definition) is 3. The Morgan fingerprint density at radius 2 is 2.00 bits per heavy atom. The van der Waals surface area contributed by atoms with Gasteiger partial charge < -0.3 is 10.8 Å². The number of aliphatic hydroxyl groups excluding tert-OH is 1. The predicted molar refractivity (Wildman–Crippen MR) is 70.8 cm³/mol. The summed E-state index contributed by atoms with van der Waals surface area (Å²) in [5, 5.41) is 10.2. The zero-order valence-electron chi connectivity index (χ0n) is 11.1.